The Kier molecular flexibility index (Phi) is 16.8. The van der Waals surface area contributed by atoms with E-state index in [9.17, 15) is 37.6 Å². The largest absolute Gasteiger partial charge is 0.488 e. The van der Waals surface area contributed by atoms with Crippen LogP contribution in [0.4, 0.5) is 33.3 Å². The number of ether oxygens (including phenoxy) is 3. The van der Waals surface area contributed by atoms with E-state index >= 15 is 8.78 Å². The van der Waals surface area contributed by atoms with Crippen molar-refractivity contribution in [3.63, 3.8) is 0 Å². The molecule has 3 aromatic carbocycles. The third-order valence-electron chi connectivity index (χ3n) is 12.4. The van der Waals surface area contributed by atoms with Crippen LogP contribution in [-0.4, -0.2) is 101 Å². The van der Waals surface area contributed by atoms with Crippen molar-refractivity contribution >= 4 is 63.7 Å². The minimum Gasteiger partial charge on any atom is -0.488 e. The van der Waals surface area contributed by atoms with E-state index in [0.717, 1.165) is 33.8 Å². The first-order chi connectivity index (χ1) is 35.0. The molecular weight excluding hydrogens is 1010 g/mol. The summed E-state index contributed by atoms with van der Waals surface area (Å²) in [5.41, 5.74) is -0.0752. The molecule has 0 bridgehead atoms. The second kappa shape index (κ2) is 22.7. The first-order valence-corrected chi connectivity index (χ1v) is 24.7. The maximum absolute atomic E-state index is 15.4. The molecule has 2 aliphatic heterocycles. The lowest BCUT2D eigenvalue weighted by Crippen LogP contribution is -2.58. The van der Waals surface area contributed by atoms with Gasteiger partial charge >= 0.3 is 6.18 Å². The van der Waals surface area contributed by atoms with Crippen LogP contribution in [0.5, 0.6) is 5.75 Å². The van der Waals surface area contributed by atoms with Crippen LogP contribution < -0.4 is 25.2 Å². The molecule has 4 amide bonds. The van der Waals surface area contributed by atoms with Gasteiger partial charge in [0, 0.05) is 18.7 Å². The number of hydrogen-bond donors (Lipinski definition) is 2. The minimum absolute atomic E-state index is 0.0271. The van der Waals surface area contributed by atoms with Gasteiger partial charge in [0.05, 0.1) is 70.8 Å². The number of nitriles is 1. The first kappa shape index (κ1) is 54.8. The summed E-state index contributed by atoms with van der Waals surface area (Å²) in [5.74, 6) is -4.54. The standard InChI is InChI=1S/C52H53F5N8O7S2/c1-30-44(74-29-61-30)32-11-9-31(10-12-32)26-60-46(67)39-8-7-19-63(39)47(68)45(50(2,3)4)62-41(66)28-71-21-20-70-22-23-72-40-18-14-33(24-36(40)53)37-16-15-35(27-59-37)65-49(73)64(48(69)51(65,5)6)38-17-13-34(25-58)42(43(38)54)52(55,56)57/h9-18,24,27,29,39,45H,7-8,19-23,26,28H2,1-6H3,(H,60,67)(H,62,66)/t39-,45?/m0/s1. The summed E-state index contributed by atoms with van der Waals surface area (Å²) in [6, 6.07) is 16.5. The zero-order valence-electron chi connectivity index (χ0n) is 41.3. The highest BCUT2D eigenvalue weighted by molar-refractivity contribution is 7.81. The summed E-state index contributed by atoms with van der Waals surface area (Å²) in [6.45, 7) is 10.8. The molecule has 22 heteroatoms. The number of aromatic nitrogens is 2. The Morgan fingerprint density at radius 1 is 0.959 bits per heavy atom. The van der Waals surface area contributed by atoms with Crippen LogP contribution in [0, 0.1) is 35.3 Å². The van der Waals surface area contributed by atoms with E-state index < -0.39 is 69.5 Å². The molecule has 0 aliphatic carbocycles. The number of nitrogens with zero attached hydrogens (tertiary/aromatic N) is 6. The molecule has 74 heavy (non-hydrogen) atoms. The summed E-state index contributed by atoms with van der Waals surface area (Å²) in [7, 11) is 0. The molecule has 2 N–H and O–H groups in total. The number of alkyl halides is 3. The highest BCUT2D eigenvalue weighted by Gasteiger charge is 2.52. The Hall–Kier alpha value is -6.93. The Bertz CT molecular complexity index is 2960. The number of halogens is 5. The maximum atomic E-state index is 15.4. The van der Waals surface area contributed by atoms with Crippen molar-refractivity contribution in [1.82, 2.24) is 25.5 Å². The maximum Gasteiger partial charge on any atom is 0.420 e. The zero-order valence-corrected chi connectivity index (χ0v) is 42.9. The Balaban J connectivity index is 0.836. The van der Waals surface area contributed by atoms with Crippen molar-refractivity contribution in [1.29, 1.82) is 5.26 Å². The van der Waals surface area contributed by atoms with Crippen LogP contribution in [0.3, 0.4) is 0 Å². The fraction of sp³-hybridized carbons (Fsp3) is 0.385. The number of rotatable bonds is 18. The molecule has 0 saturated carbocycles. The SMILES string of the molecule is Cc1ncsc1-c1ccc(CNC(=O)[C@@H]2CCCN2C(=O)C(NC(=O)COCCOCCOc2ccc(-c3ccc(N4C(=S)N(c5ccc(C#N)c(C(F)(F)F)c5F)C(=O)C4(C)C)cn3)cc2F)C(C)(C)C)cc1. The third-order valence-corrected chi connectivity index (χ3v) is 13.8. The predicted octanol–water partition coefficient (Wildman–Crippen LogP) is 8.52. The predicted molar refractivity (Wildman–Crippen MR) is 270 cm³/mol. The van der Waals surface area contributed by atoms with Gasteiger partial charge in [0.1, 0.15) is 36.4 Å². The number of anilines is 2. The normalized spacial score (nSPS) is 16.1. The first-order valence-electron chi connectivity index (χ1n) is 23.4. The average molecular weight is 1060 g/mol. The van der Waals surface area contributed by atoms with Gasteiger partial charge in [0.15, 0.2) is 22.5 Å². The molecule has 2 aliphatic rings. The van der Waals surface area contributed by atoms with E-state index in [4.69, 9.17) is 26.4 Å². The summed E-state index contributed by atoms with van der Waals surface area (Å²) in [6.07, 6.45) is -2.75. The van der Waals surface area contributed by atoms with Crippen molar-refractivity contribution in [3.05, 3.63) is 112 Å². The zero-order chi connectivity index (χ0) is 53.7. The second-order valence-corrected chi connectivity index (χ2v) is 20.3. The van der Waals surface area contributed by atoms with Crippen LogP contribution in [0.1, 0.15) is 69.8 Å². The molecule has 7 rings (SSSR count). The lowest BCUT2D eigenvalue weighted by molar-refractivity contribution is -0.144. The van der Waals surface area contributed by atoms with Crippen LogP contribution in [0.25, 0.3) is 21.7 Å². The molecule has 0 radical (unpaired) electrons. The molecule has 15 nitrogen and oxygen atoms in total. The second-order valence-electron chi connectivity index (χ2n) is 19.0. The number of carbonyl (C=O) groups is 4. The number of thiazole rings is 1. The van der Waals surface area contributed by atoms with Crippen molar-refractivity contribution in [3.8, 4) is 33.5 Å². The highest BCUT2D eigenvalue weighted by Crippen LogP contribution is 2.42. The smallest absolute Gasteiger partial charge is 0.420 e. The van der Waals surface area contributed by atoms with Crippen LogP contribution in [-0.2, 0) is 41.4 Å². The Morgan fingerprint density at radius 2 is 1.66 bits per heavy atom. The number of amides is 4. The summed E-state index contributed by atoms with van der Waals surface area (Å²) in [5, 5.41) is 14.6. The van der Waals surface area contributed by atoms with Gasteiger partial charge in [-0.05, 0) is 105 Å². The van der Waals surface area contributed by atoms with Gasteiger partial charge in [-0.15, -0.1) is 11.3 Å². The number of nitrogens with one attached hydrogen (secondary N) is 2. The molecule has 390 valence electrons. The fourth-order valence-corrected chi connectivity index (χ4v) is 9.92. The van der Waals surface area contributed by atoms with E-state index in [0.29, 0.717) is 42.1 Å². The van der Waals surface area contributed by atoms with E-state index in [1.165, 1.54) is 55.3 Å². The summed E-state index contributed by atoms with van der Waals surface area (Å²) < 4.78 is 88.6. The molecule has 0 spiro atoms. The van der Waals surface area contributed by atoms with Crippen molar-refractivity contribution in [2.45, 2.75) is 84.7 Å². The molecular formula is C52H53F5N8O7S2. The number of likely N-dealkylation sites (tertiary alicyclic amines) is 1. The highest BCUT2D eigenvalue weighted by atomic mass is 32.1. The topological polar surface area (TPSA) is 179 Å². The van der Waals surface area contributed by atoms with Gasteiger partial charge in [0.2, 0.25) is 17.7 Å². The number of carbonyl (C=O) groups excluding carboxylic acids is 4. The van der Waals surface area contributed by atoms with Crippen LogP contribution in [0.2, 0.25) is 0 Å². The Morgan fingerprint density at radius 3 is 2.30 bits per heavy atom. The van der Waals surface area contributed by atoms with Crippen molar-refractivity contribution < 1.29 is 55.3 Å². The third kappa shape index (κ3) is 12.0. The van der Waals surface area contributed by atoms with Gasteiger partial charge in [0.25, 0.3) is 5.91 Å². The molecule has 4 heterocycles. The van der Waals surface area contributed by atoms with E-state index in [2.05, 4.69) is 20.6 Å². The number of thiocarbonyl (C=S) groups is 1. The van der Waals surface area contributed by atoms with Gasteiger partial charge < -0.3 is 34.6 Å². The molecule has 2 atom stereocenters. The lowest BCUT2D eigenvalue weighted by Gasteiger charge is -2.35. The number of benzene rings is 3. The van der Waals surface area contributed by atoms with Gasteiger partial charge in [-0.2, -0.15) is 18.4 Å². The molecule has 2 fully saturated rings. The quantitative estimate of drug-likeness (QED) is 0.0486. The van der Waals surface area contributed by atoms with Crippen molar-refractivity contribution in [2.75, 3.05) is 49.4 Å². The van der Waals surface area contributed by atoms with E-state index in [-0.39, 0.29) is 61.4 Å². The van der Waals surface area contributed by atoms with E-state index in [1.54, 1.807) is 27.8 Å². The van der Waals surface area contributed by atoms with Gasteiger partial charge in [-0.25, -0.2) is 13.8 Å². The number of aryl methyl sites for hydroxylation is 1. The van der Waals surface area contributed by atoms with E-state index in [1.807, 2.05) is 52.0 Å². The number of pyridine rings is 1. The van der Waals surface area contributed by atoms with Crippen LogP contribution >= 0.6 is 23.6 Å². The summed E-state index contributed by atoms with van der Waals surface area (Å²) >= 11 is 7.07. The van der Waals surface area contributed by atoms with Crippen LogP contribution in [0.15, 0.2) is 78.4 Å². The van der Waals surface area contributed by atoms with Gasteiger partial charge in [-0.3, -0.25) is 29.1 Å². The fourth-order valence-electron chi connectivity index (χ4n) is 8.59. The average Bonchev–Trinajstić information content (AvgIpc) is 4.07. The monoisotopic (exact) mass is 1060 g/mol. The van der Waals surface area contributed by atoms with Crippen molar-refractivity contribution in [2.24, 2.45) is 5.41 Å². The Labute approximate surface area is 433 Å². The minimum atomic E-state index is -5.23. The molecule has 1 unspecified atom stereocenters. The summed E-state index contributed by atoms with van der Waals surface area (Å²) in [4.78, 5) is 67.2. The lowest BCUT2D eigenvalue weighted by atomic mass is 9.85. The molecule has 2 aromatic heterocycles. The van der Waals surface area contributed by atoms with Gasteiger partial charge in [-0.1, -0.05) is 45.0 Å². The molecule has 5 aromatic rings. The number of hydrogen-bond acceptors (Lipinski definition) is 12. The molecule has 2 saturated heterocycles.